The first-order chi connectivity index (χ1) is 12.6. The zero-order chi connectivity index (χ0) is 18.5. The molecule has 1 heterocycles. The van der Waals surface area contributed by atoms with Crippen molar-refractivity contribution in [2.75, 3.05) is 19.5 Å². The molecule has 0 saturated heterocycles. The topological polar surface area (TPSA) is 60.5 Å². The summed E-state index contributed by atoms with van der Waals surface area (Å²) >= 11 is 6.06. The van der Waals surface area contributed by atoms with E-state index in [0.717, 1.165) is 5.56 Å². The number of methoxy groups -OCH3 is 2. The second-order valence-corrected chi connectivity index (χ2v) is 5.90. The molecule has 3 rings (SSSR count). The molecule has 0 fully saturated rings. The van der Waals surface area contributed by atoms with Gasteiger partial charge in [0.25, 0.3) is 5.91 Å². The van der Waals surface area contributed by atoms with E-state index < -0.39 is 0 Å². The Morgan fingerprint density at radius 3 is 2.58 bits per heavy atom. The van der Waals surface area contributed by atoms with E-state index >= 15 is 0 Å². The fourth-order valence-electron chi connectivity index (χ4n) is 2.47. The van der Waals surface area contributed by atoms with Crippen LogP contribution in [0.15, 0.2) is 60.8 Å². The second kappa shape index (κ2) is 7.89. The van der Waals surface area contributed by atoms with E-state index in [9.17, 15) is 4.79 Å². The zero-order valence-corrected chi connectivity index (χ0v) is 15.1. The molecule has 0 aliphatic carbocycles. The van der Waals surface area contributed by atoms with E-state index in [1.807, 2.05) is 6.07 Å². The number of carbonyl (C=O) groups excluding carboxylic acids is 1. The predicted octanol–water partition coefficient (Wildman–Crippen LogP) is 4.67. The van der Waals surface area contributed by atoms with Gasteiger partial charge in [0.1, 0.15) is 11.5 Å². The van der Waals surface area contributed by atoms with Gasteiger partial charge < -0.3 is 14.8 Å². The summed E-state index contributed by atoms with van der Waals surface area (Å²) in [5.74, 6) is 1.08. The summed E-state index contributed by atoms with van der Waals surface area (Å²) in [5.41, 5.74) is 2.52. The number of anilines is 1. The quantitative estimate of drug-likeness (QED) is 0.710. The lowest BCUT2D eigenvalue weighted by Gasteiger charge is -2.10. The number of ether oxygens (including phenoxy) is 2. The number of amides is 1. The summed E-state index contributed by atoms with van der Waals surface area (Å²) in [4.78, 5) is 16.8. The van der Waals surface area contributed by atoms with Crippen molar-refractivity contribution < 1.29 is 14.3 Å². The Morgan fingerprint density at radius 2 is 1.88 bits per heavy atom. The van der Waals surface area contributed by atoms with Crippen molar-refractivity contribution in [3.63, 3.8) is 0 Å². The Labute approximate surface area is 156 Å². The van der Waals surface area contributed by atoms with Crippen molar-refractivity contribution in [2.45, 2.75) is 0 Å². The minimum Gasteiger partial charge on any atom is -0.497 e. The van der Waals surface area contributed by atoms with Gasteiger partial charge in [-0.25, -0.2) is 0 Å². The first-order valence-electron chi connectivity index (χ1n) is 7.86. The lowest BCUT2D eigenvalue weighted by atomic mass is 10.1. The number of aromatic nitrogens is 1. The van der Waals surface area contributed by atoms with Gasteiger partial charge in [0.2, 0.25) is 0 Å². The van der Waals surface area contributed by atoms with E-state index in [1.54, 1.807) is 62.8 Å². The number of pyridine rings is 1. The Kier molecular flexibility index (Phi) is 5.39. The van der Waals surface area contributed by atoms with Crippen LogP contribution in [0.4, 0.5) is 5.69 Å². The van der Waals surface area contributed by atoms with Gasteiger partial charge in [-0.3, -0.25) is 9.78 Å². The molecule has 0 aliphatic rings. The van der Waals surface area contributed by atoms with Crippen LogP contribution in [0.5, 0.6) is 11.5 Å². The lowest BCUT2D eigenvalue weighted by molar-refractivity contribution is 0.102. The van der Waals surface area contributed by atoms with Crippen LogP contribution in [0.2, 0.25) is 5.02 Å². The van der Waals surface area contributed by atoms with Crippen LogP contribution in [-0.2, 0) is 0 Å². The minimum absolute atomic E-state index is 0.254. The van der Waals surface area contributed by atoms with E-state index in [4.69, 9.17) is 21.1 Å². The van der Waals surface area contributed by atoms with Gasteiger partial charge in [-0.1, -0.05) is 17.7 Å². The Hall–Kier alpha value is -3.05. The van der Waals surface area contributed by atoms with Crippen LogP contribution < -0.4 is 14.8 Å². The summed E-state index contributed by atoms with van der Waals surface area (Å²) < 4.78 is 10.5. The maximum atomic E-state index is 12.4. The maximum Gasteiger partial charge on any atom is 0.257 e. The highest BCUT2D eigenvalue weighted by Crippen LogP contribution is 2.31. The lowest BCUT2D eigenvalue weighted by Crippen LogP contribution is -2.12. The molecule has 0 bridgehead atoms. The van der Waals surface area contributed by atoms with Crippen LogP contribution in [-0.4, -0.2) is 25.1 Å². The molecule has 1 N–H and O–H groups in total. The summed E-state index contributed by atoms with van der Waals surface area (Å²) in [5, 5.41) is 3.40. The van der Waals surface area contributed by atoms with E-state index in [1.165, 1.54) is 6.20 Å². The van der Waals surface area contributed by atoms with Crippen molar-refractivity contribution in [1.82, 2.24) is 4.98 Å². The Bertz CT molecular complexity index is 927. The number of hydrogen-bond donors (Lipinski definition) is 1. The smallest absolute Gasteiger partial charge is 0.257 e. The van der Waals surface area contributed by atoms with Gasteiger partial charge in [0, 0.05) is 28.5 Å². The molecular formula is C20H17ClN2O3. The molecule has 2 aromatic carbocycles. The minimum atomic E-state index is -0.254. The van der Waals surface area contributed by atoms with E-state index in [2.05, 4.69) is 10.3 Å². The van der Waals surface area contributed by atoms with Gasteiger partial charge in [-0.05, 0) is 42.5 Å². The molecule has 26 heavy (non-hydrogen) atoms. The number of nitrogens with one attached hydrogen (secondary N) is 1. The third-order valence-electron chi connectivity index (χ3n) is 3.79. The summed E-state index contributed by atoms with van der Waals surface area (Å²) in [6.45, 7) is 0. The van der Waals surface area contributed by atoms with Crippen molar-refractivity contribution in [3.05, 3.63) is 71.4 Å². The maximum absolute atomic E-state index is 12.4. The average Bonchev–Trinajstić information content (AvgIpc) is 2.68. The number of nitrogens with zero attached hydrogens (tertiary/aromatic N) is 1. The molecule has 132 valence electrons. The van der Waals surface area contributed by atoms with Crippen molar-refractivity contribution in [1.29, 1.82) is 0 Å². The Balaban J connectivity index is 1.81. The number of halogens is 1. The van der Waals surface area contributed by atoms with Gasteiger partial charge in [-0.15, -0.1) is 0 Å². The largest absolute Gasteiger partial charge is 0.497 e. The highest BCUT2D eigenvalue weighted by atomic mass is 35.5. The van der Waals surface area contributed by atoms with Crippen molar-refractivity contribution in [2.24, 2.45) is 0 Å². The van der Waals surface area contributed by atoms with Crippen LogP contribution in [0.1, 0.15) is 10.4 Å². The highest BCUT2D eigenvalue weighted by Gasteiger charge is 2.11. The molecule has 0 aliphatic heterocycles. The number of benzene rings is 2. The average molecular weight is 369 g/mol. The SMILES string of the molecule is COc1cccc(NC(=O)c2ccc(-c3cc(Cl)ccc3OC)nc2)c1. The van der Waals surface area contributed by atoms with E-state index in [-0.39, 0.29) is 5.91 Å². The van der Waals surface area contributed by atoms with Gasteiger partial charge in [0.05, 0.1) is 25.5 Å². The van der Waals surface area contributed by atoms with Crippen LogP contribution in [0, 0.1) is 0 Å². The first kappa shape index (κ1) is 17.8. The molecule has 1 amide bonds. The molecule has 0 radical (unpaired) electrons. The van der Waals surface area contributed by atoms with Gasteiger partial charge in [0.15, 0.2) is 0 Å². The fourth-order valence-corrected chi connectivity index (χ4v) is 2.64. The summed E-state index contributed by atoms with van der Waals surface area (Å²) in [7, 11) is 3.16. The first-order valence-corrected chi connectivity index (χ1v) is 8.24. The van der Waals surface area contributed by atoms with Crippen LogP contribution >= 0.6 is 11.6 Å². The van der Waals surface area contributed by atoms with E-state index in [0.29, 0.717) is 33.5 Å². The molecule has 3 aromatic rings. The van der Waals surface area contributed by atoms with Crippen LogP contribution in [0.3, 0.4) is 0 Å². The normalized spacial score (nSPS) is 10.3. The zero-order valence-electron chi connectivity index (χ0n) is 14.3. The molecule has 0 saturated carbocycles. The fraction of sp³-hybridized carbons (Fsp3) is 0.100. The van der Waals surface area contributed by atoms with Crippen LogP contribution in [0.25, 0.3) is 11.3 Å². The van der Waals surface area contributed by atoms with Gasteiger partial charge in [-0.2, -0.15) is 0 Å². The van der Waals surface area contributed by atoms with Crippen molar-refractivity contribution >= 4 is 23.2 Å². The summed E-state index contributed by atoms with van der Waals surface area (Å²) in [6, 6.07) is 15.9. The summed E-state index contributed by atoms with van der Waals surface area (Å²) in [6.07, 6.45) is 1.52. The number of hydrogen-bond acceptors (Lipinski definition) is 4. The number of carbonyl (C=O) groups is 1. The molecule has 1 aromatic heterocycles. The molecular weight excluding hydrogens is 352 g/mol. The third kappa shape index (κ3) is 3.95. The predicted molar refractivity (Wildman–Crippen MR) is 102 cm³/mol. The number of rotatable bonds is 5. The Morgan fingerprint density at radius 1 is 1.04 bits per heavy atom. The standard InChI is InChI=1S/C20H17ClN2O3/c1-25-16-5-3-4-15(11-16)23-20(24)13-6-8-18(22-12-13)17-10-14(21)7-9-19(17)26-2/h3-12H,1-2H3,(H,23,24). The van der Waals surface area contributed by atoms with Gasteiger partial charge >= 0.3 is 0 Å². The highest BCUT2D eigenvalue weighted by molar-refractivity contribution is 6.31. The second-order valence-electron chi connectivity index (χ2n) is 5.46. The molecule has 6 heteroatoms. The third-order valence-corrected chi connectivity index (χ3v) is 4.03. The molecule has 0 unspecified atom stereocenters. The van der Waals surface area contributed by atoms with Crippen molar-refractivity contribution in [3.8, 4) is 22.8 Å². The monoisotopic (exact) mass is 368 g/mol. The molecule has 0 spiro atoms. The molecule has 0 atom stereocenters. The molecule has 5 nitrogen and oxygen atoms in total.